The van der Waals surface area contributed by atoms with Crippen molar-refractivity contribution in [2.75, 3.05) is 32.7 Å². The molecule has 3 unspecified atom stereocenters. The summed E-state index contributed by atoms with van der Waals surface area (Å²) in [4.78, 5) is 17.3. The quantitative estimate of drug-likeness (QED) is 0.613. The summed E-state index contributed by atoms with van der Waals surface area (Å²) >= 11 is 0. The van der Waals surface area contributed by atoms with E-state index in [2.05, 4.69) is 56.9 Å². The molecule has 2 saturated heterocycles. The molecule has 7 nitrogen and oxygen atoms in total. The Labute approximate surface area is 168 Å². The van der Waals surface area contributed by atoms with Crippen molar-refractivity contribution in [3.63, 3.8) is 0 Å². The lowest BCUT2D eigenvalue weighted by Gasteiger charge is -2.32. The van der Waals surface area contributed by atoms with E-state index in [1.54, 1.807) is 0 Å². The third-order valence-corrected chi connectivity index (χ3v) is 6.35. The van der Waals surface area contributed by atoms with Gasteiger partial charge in [-0.25, -0.2) is 15.6 Å². The molecule has 154 valence electrons. The van der Waals surface area contributed by atoms with Crippen LogP contribution in [-0.2, 0) is 6.42 Å². The SMILES string of the molecule is O=C(NC1CCC2NNNC2C1)N1CCCN(CCCc2ccccc2)CC1. The monoisotopic (exact) mass is 386 g/mol. The van der Waals surface area contributed by atoms with E-state index < -0.39 is 0 Å². The third-order valence-electron chi connectivity index (χ3n) is 6.35. The summed E-state index contributed by atoms with van der Waals surface area (Å²) in [5.74, 6) is 0. The highest BCUT2D eigenvalue weighted by Gasteiger charge is 2.34. The van der Waals surface area contributed by atoms with Crippen LogP contribution in [0.3, 0.4) is 0 Å². The molecule has 1 aliphatic carbocycles. The standard InChI is InChI=1S/C21H34N6O/c28-21(22-18-9-10-19-20(16-18)24-25-23-19)27-13-5-12-26(14-15-27)11-4-8-17-6-2-1-3-7-17/h1-3,6-7,18-20,23-25H,4-5,8-16H2,(H,22,28). The number of hydrogen-bond acceptors (Lipinski definition) is 5. The lowest BCUT2D eigenvalue weighted by molar-refractivity contribution is 0.187. The van der Waals surface area contributed by atoms with Crippen LogP contribution in [-0.4, -0.2) is 66.7 Å². The zero-order valence-corrected chi connectivity index (χ0v) is 16.7. The van der Waals surface area contributed by atoms with Gasteiger partial charge in [0.15, 0.2) is 0 Å². The van der Waals surface area contributed by atoms with Crippen molar-refractivity contribution < 1.29 is 4.79 Å². The van der Waals surface area contributed by atoms with Crippen LogP contribution < -0.4 is 21.7 Å². The molecule has 7 heteroatoms. The summed E-state index contributed by atoms with van der Waals surface area (Å²) in [6, 6.07) is 12.0. The zero-order chi connectivity index (χ0) is 19.2. The van der Waals surface area contributed by atoms with Gasteiger partial charge >= 0.3 is 6.03 Å². The first-order valence-electron chi connectivity index (χ1n) is 10.9. The number of hydrazine groups is 2. The maximum absolute atomic E-state index is 12.8. The minimum absolute atomic E-state index is 0.119. The molecule has 2 heterocycles. The number of fused-ring (bicyclic) bond motifs is 1. The lowest BCUT2D eigenvalue weighted by Crippen LogP contribution is -2.51. The van der Waals surface area contributed by atoms with Crippen molar-refractivity contribution in [3.8, 4) is 0 Å². The van der Waals surface area contributed by atoms with E-state index in [0.29, 0.717) is 12.1 Å². The van der Waals surface area contributed by atoms with Crippen LogP contribution in [0, 0.1) is 0 Å². The molecule has 3 fully saturated rings. The van der Waals surface area contributed by atoms with Gasteiger partial charge in [0, 0.05) is 37.8 Å². The molecule has 0 bridgehead atoms. The van der Waals surface area contributed by atoms with Gasteiger partial charge in [0.05, 0.1) is 0 Å². The molecule has 1 aromatic carbocycles. The second kappa shape index (κ2) is 9.69. The number of rotatable bonds is 5. The van der Waals surface area contributed by atoms with E-state index >= 15 is 0 Å². The molecule has 2 amide bonds. The Morgan fingerprint density at radius 1 is 1.04 bits per heavy atom. The van der Waals surface area contributed by atoms with Crippen LogP contribution in [0.1, 0.15) is 37.7 Å². The fourth-order valence-corrected chi connectivity index (χ4v) is 4.68. The van der Waals surface area contributed by atoms with Crippen molar-refractivity contribution in [2.45, 2.75) is 56.7 Å². The van der Waals surface area contributed by atoms with E-state index in [9.17, 15) is 4.79 Å². The maximum atomic E-state index is 12.8. The smallest absolute Gasteiger partial charge is 0.317 e. The van der Waals surface area contributed by atoms with Crippen molar-refractivity contribution in [2.24, 2.45) is 0 Å². The Morgan fingerprint density at radius 2 is 1.89 bits per heavy atom. The van der Waals surface area contributed by atoms with E-state index in [4.69, 9.17) is 0 Å². The molecule has 4 rings (SSSR count). The number of hydrogen-bond donors (Lipinski definition) is 4. The second-order valence-electron chi connectivity index (χ2n) is 8.36. The first-order valence-corrected chi connectivity index (χ1v) is 10.9. The minimum Gasteiger partial charge on any atom is -0.335 e. The van der Waals surface area contributed by atoms with Gasteiger partial charge in [-0.3, -0.25) is 0 Å². The van der Waals surface area contributed by atoms with Gasteiger partial charge in [-0.1, -0.05) is 30.3 Å². The summed E-state index contributed by atoms with van der Waals surface area (Å²) in [6.07, 6.45) is 6.48. The molecule has 3 atom stereocenters. The molecule has 1 saturated carbocycles. The number of carbonyl (C=O) groups excluding carboxylic acids is 1. The van der Waals surface area contributed by atoms with Gasteiger partial charge in [-0.2, -0.15) is 5.53 Å². The summed E-state index contributed by atoms with van der Waals surface area (Å²) in [5, 5.41) is 3.28. The van der Waals surface area contributed by atoms with Gasteiger partial charge in [-0.15, -0.1) is 0 Å². The van der Waals surface area contributed by atoms with Crippen molar-refractivity contribution in [1.82, 2.24) is 31.5 Å². The molecule has 28 heavy (non-hydrogen) atoms. The molecule has 0 aromatic heterocycles. The highest BCUT2D eigenvalue weighted by atomic mass is 16.2. The number of amides is 2. The number of benzene rings is 1. The highest BCUT2D eigenvalue weighted by molar-refractivity contribution is 5.74. The van der Waals surface area contributed by atoms with Crippen molar-refractivity contribution >= 4 is 6.03 Å². The summed E-state index contributed by atoms with van der Waals surface area (Å²) in [5.41, 5.74) is 10.9. The van der Waals surface area contributed by atoms with E-state index in [-0.39, 0.29) is 12.1 Å². The van der Waals surface area contributed by atoms with Gasteiger partial charge in [0.25, 0.3) is 0 Å². The first-order chi connectivity index (χ1) is 13.8. The normalized spacial score (nSPS) is 28.6. The number of nitrogens with zero attached hydrogens (tertiary/aromatic N) is 2. The number of aryl methyl sites for hydroxylation is 1. The van der Waals surface area contributed by atoms with Gasteiger partial charge < -0.3 is 15.1 Å². The minimum atomic E-state index is 0.119. The summed E-state index contributed by atoms with van der Waals surface area (Å²) < 4.78 is 0. The Kier molecular flexibility index (Phi) is 6.80. The molecule has 1 aromatic rings. The van der Waals surface area contributed by atoms with Crippen molar-refractivity contribution in [1.29, 1.82) is 0 Å². The van der Waals surface area contributed by atoms with Gasteiger partial charge in [-0.05, 0) is 57.2 Å². The zero-order valence-electron chi connectivity index (χ0n) is 16.7. The Morgan fingerprint density at radius 3 is 2.79 bits per heavy atom. The van der Waals surface area contributed by atoms with Crippen LogP contribution in [0.15, 0.2) is 30.3 Å². The Balaban J connectivity index is 1.17. The topological polar surface area (TPSA) is 71.7 Å². The predicted octanol–water partition coefficient (Wildman–Crippen LogP) is 1.24. The van der Waals surface area contributed by atoms with E-state index in [1.807, 2.05) is 4.90 Å². The lowest BCUT2D eigenvalue weighted by atomic mass is 9.88. The number of carbonyl (C=O) groups is 1. The molecular formula is C21H34N6O. The highest BCUT2D eigenvalue weighted by Crippen LogP contribution is 2.21. The van der Waals surface area contributed by atoms with Gasteiger partial charge in [0.1, 0.15) is 0 Å². The van der Waals surface area contributed by atoms with Crippen molar-refractivity contribution in [3.05, 3.63) is 35.9 Å². The number of nitrogens with one attached hydrogen (secondary N) is 4. The van der Waals surface area contributed by atoms with E-state index in [0.717, 1.165) is 64.8 Å². The predicted molar refractivity (Wildman–Crippen MR) is 111 cm³/mol. The van der Waals surface area contributed by atoms with Crippen LogP contribution >= 0.6 is 0 Å². The summed E-state index contributed by atoms with van der Waals surface area (Å²) in [7, 11) is 0. The number of urea groups is 1. The fraction of sp³-hybridized carbons (Fsp3) is 0.667. The largest absolute Gasteiger partial charge is 0.335 e. The fourth-order valence-electron chi connectivity index (χ4n) is 4.68. The Hall–Kier alpha value is -1.67. The molecule has 0 spiro atoms. The van der Waals surface area contributed by atoms with Crippen LogP contribution in [0.5, 0.6) is 0 Å². The second-order valence-corrected chi connectivity index (χ2v) is 8.36. The molecule has 3 aliphatic rings. The van der Waals surface area contributed by atoms with E-state index in [1.165, 1.54) is 12.0 Å². The van der Waals surface area contributed by atoms with Crippen LogP contribution in [0.25, 0.3) is 0 Å². The maximum Gasteiger partial charge on any atom is 0.317 e. The molecule has 4 N–H and O–H groups in total. The Bertz CT molecular complexity index is 627. The molecule has 2 aliphatic heterocycles. The summed E-state index contributed by atoms with van der Waals surface area (Å²) in [6.45, 7) is 4.88. The van der Waals surface area contributed by atoms with Crippen LogP contribution in [0.2, 0.25) is 0 Å². The van der Waals surface area contributed by atoms with Crippen LogP contribution in [0.4, 0.5) is 4.79 Å². The third kappa shape index (κ3) is 5.23. The first kappa shape index (κ1) is 19.6. The molecular weight excluding hydrogens is 352 g/mol. The van der Waals surface area contributed by atoms with Gasteiger partial charge in [0.2, 0.25) is 0 Å². The average Bonchev–Trinajstić information content (AvgIpc) is 3.05. The average molecular weight is 387 g/mol. The molecule has 0 radical (unpaired) electrons.